The first kappa shape index (κ1) is 25.6. The highest BCUT2D eigenvalue weighted by atomic mass is 32.2. The Morgan fingerprint density at radius 3 is 2.32 bits per heavy atom. The molecule has 7 nitrogen and oxygen atoms in total. The fourth-order valence-corrected chi connectivity index (χ4v) is 4.79. The van der Waals surface area contributed by atoms with Crippen LogP contribution in [0.1, 0.15) is 37.7 Å². The van der Waals surface area contributed by atoms with Crippen LogP contribution in [0.2, 0.25) is 0 Å². The van der Waals surface area contributed by atoms with Gasteiger partial charge in [0.2, 0.25) is 17.7 Å². The van der Waals surface area contributed by atoms with Crippen LogP contribution in [0.25, 0.3) is 0 Å². The first-order valence-corrected chi connectivity index (χ1v) is 12.9. The molecule has 2 aromatic rings. The average Bonchev–Trinajstić information content (AvgIpc) is 2.80. The molecule has 34 heavy (non-hydrogen) atoms. The molecular weight excluding hydrogens is 457 g/mol. The normalized spacial score (nSPS) is 14.8. The number of rotatable bonds is 9. The standard InChI is InChI=1S/C25H30FN3O4S/c1-18-11-13-20(14-12-18)28-24(31)16-34(33)17-25(32)29(22-10-6-5-9-21(22)26)15-23(30)27-19-7-3-2-4-8-19/h5-6,9-14,19H,2-4,7-8,15-17H2,1H3,(H,27,30)(H,28,31). The van der Waals surface area contributed by atoms with Gasteiger partial charge >= 0.3 is 0 Å². The van der Waals surface area contributed by atoms with E-state index in [2.05, 4.69) is 10.6 Å². The Bertz CT molecular complexity index is 1040. The highest BCUT2D eigenvalue weighted by Crippen LogP contribution is 2.20. The van der Waals surface area contributed by atoms with Crippen LogP contribution in [-0.2, 0) is 25.2 Å². The zero-order valence-electron chi connectivity index (χ0n) is 19.2. The zero-order valence-corrected chi connectivity index (χ0v) is 20.0. The largest absolute Gasteiger partial charge is 0.352 e. The lowest BCUT2D eigenvalue weighted by Crippen LogP contribution is -2.46. The lowest BCUT2D eigenvalue weighted by Gasteiger charge is -2.26. The number of anilines is 2. The summed E-state index contributed by atoms with van der Waals surface area (Å²) in [5, 5.41) is 5.55. The van der Waals surface area contributed by atoms with E-state index < -0.39 is 40.1 Å². The lowest BCUT2D eigenvalue weighted by molar-refractivity contribution is -0.123. The Morgan fingerprint density at radius 2 is 1.65 bits per heavy atom. The van der Waals surface area contributed by atoms with Gasteiger partial charge in [-0.1, -0.05) is 49.1 Å². The molecule has 3 amide bonds. The third-order valence-corrected chi connectivity index (χ3v) is 6.78. The predicted octanol–water partition coefficient (Wildman–Crippen LogP) is 3.30. The van der Waals surface area contributed by atoms with Crippen molar-refractivity contribution in [2.75, 3.05) is 28.3 Å². The first-order valence-electron chi connectivity index (χ1n) is 11.4. The molecule has 9 heteroatoms. The van der Waals surface area contributed by atoms with E-state index >= 15 is 0 Å². The molecule has 0 aromatic heterocycles. The van der Waals surface area contributed by atoms with Crippen molar-refractivity contribution < 1.29 is 23.0 Å². The van der Waals surface area contributed by atoms with Crippen LogP contribution in [0.15, 0.2) is 48.5 Å². The number of hydrogen-bond donors (Lipinski definition) is 2. The van der Waals surface area contributed by atoms with Gasteiger partial charge < -0.3 is 10.6 Å². The maximum Gasteiger partial charge on any atom is 0.240 e. The fourth-order valence-electron chi connectivity index (χ4n) is 3.89. The van der Waals surface area contributed by atoms with Crippen LogP contribution in [0.4, 0.5) is 15.8 Å². The van der Waals surface area contributed by atoms with Crippen LogP contribution in [-0.4, -0.2) is 46.0 Å². The maximum atomic E-state index is 14.5. The average molecular weight is 488 g/mol. The van der Waals surface area contributed by atoms with Crippen molar-refractivity contribution >= 4 is 39.9 Å². The summed E-state index contributed by atoms with van der Waals surface area (Å²) in [6.45, 7) is 1.53. The van der Waals surface area contributed by atoms with Gasteiger partial charge in [0.1, 0.15) is 23.9 Å². The lowest BCUT2D eigenvalue weighted by atomic mass is 9.95. The number of benzene rings is 2. The molecular formula is C25H30FN3O4S. The molecule has 0 heterocycles. The Morgan fingerprint density at radius 1 is 0.971 bits per heavy atom. The van der Waals surface area contributed by atoms with E-state index in [-0.39, 0.29) is 24.0 Å². The topological polar surface area (TPSA) is 95.6 Å². The van der Waals surface area contributed by atoms with E-state index in [9.17, 15) is 23.0 Å². The third kappa shape index (κ3) is 7.76. The number of para-hydroxylation sites is 1. The fraction of sp³-hybridized carbons (Fsp3) is 0.400. The molecule has 1 saturated carbocycles. The van der Waals surface area contributed by atoms with Gasteiger partial charge in [0.25, 0.3) is 0 Å². The Hall–Kier alpha value is -3.07. The second-order valence-corrected chi connectivity index (χ2v) is 9.93. The van der Waals surface area contributed by atoms with Crippen LogP contribution in [0.3, 0.4) is 0 Å². The van der Waals surface area contributed by atoms with Crippen molar-refractivity contribution in [1.29, 1.82) is 0 Å². The molecule has 1 atom stereocenters. The summed E-state index contributed by atoms with van der Waals surface area (Å²) < 4.78 is 27.0. The quantitative estimate of drug-likeness (QED) is 0.567. The minimum atomic E-state index is -1.84. The van der Waals surface area contributed by atoms with Gasteiger partial charge in [-0.25, -0.2) is 4.39 Å². The zero-order chi connectivity index (χ0) is 24.5. The molecule has 2 N–H and O–H groups in total. The smallest absolute Gasteiger partial charge is 0.240 e. The van der Waals surface area contributed by atoms with Crippen LogP contribution < -0.4 is 15.5 Å². The molecule has 182 valence electrons. The third-order valence-electron chi connectivity index (χ3n) is 5.63. The summed E-state index contributed by atoms with van der Waals surface area (Å²) in [6.07, 6.45) is 4.95. The summed E-state index contributed by atoms with van der Waals surface area (Å²) in [5.41, 5.74) is 1.53. The number of aryl methyl sites for hydroxylation is 1. The van der Waals surface area contributed by atoms with E-state index in [0.717, 1.165) is 42.6 Å². The van der Waals surface area contributed by atoms with Gasteiger partial charge in [-0.05, 0) is 44.0 Å². The molecule has 1 fully saturated rings. The number of nitrogens with one attached hydrogen (secondary N) is 2. The van der Waals surface area contributed by atoms with Gasteiger partial charge in [-0.2, -0.15) is 0 Å². The summed E-state index contributed by atoms with van der Waals surface area (Å²) in [4.78, 5) is 38.8. The molecule has 0 spiro atoms. The molecule has 0 bridgehead atoms. The molecule has 3 rings (SSSR count). The maximum absolute atomic E-state index is 14.5. The summed E-state index contributed by atoms with van der Waals surface area (Å²) in [7, 11) is -1.84. The highest BCUT2D eigenvalue weighted by molar-refractivity contribution is 7.86. The number of nitrogens with zero attached hydrogens (tertiary/aromatic N) is 1. The molecule has 1 aliphatic carbocycles. The number of carbonyl (C=O) groups is 3. The number of hydrogen-bond acceptors (Lipinski definition) is 4. The van der Waals surface area contributed by atoms with Crippen molar-refractivity contribution in [2.24, 2.45) is 0 Å². The van der Waals surface area contributed by atoms with E-state index in [1.165, 1.54) is 18.2 Å². The molecule has 1 unspecified atom stereocenters. The highest BCUT2D eigenvalue weighted by Gasteiger charge is 2.25. The van der Waals surface area contributed by atoms with Gasteiger partial charge in [-0.3, -0.25) is 23.5 Å². The SMILES string of the molecule is Cc1ccc(NC(=O)CS(=O)CC(=O)N(CC(=O)NC2CCCCC2)c2ccccc2F)cc1. The Balaban J connectivity index is 1.62. The minimum absolute atomic E-state index is 0.0402. The monoisotopic (exact) mass is 487 g/mol. The molecule has 0 aliphatic heterocycles. The molecule has 2 aromatic carbocycles. The van der Waals surface area contributed by atoms with E-state index in [0.29, 0.717) is 5.69 Å². The van der Waals surface area contributed by atoms with Crippen molar-refractivity contribution in [1.82, 2.24) is 5.32 Å². The van der Waals surface area contributed by atoms with Crippen molar-refractivity contribution in [2.45, 2.75) is 45.1 Å². The van der Waals surface area contributed by atoms with Crippen molar-refractivity contribution in [3.8, 4) is 0 Å². The molecule has 1 aliphatic rings. The number of carbonyl (C=O) groups excluding carboxylic acids is 3. The number of amides is 3. The van der Waals surface area contributed by atoms with Crippen LogP contribution >= 0.6 is 0 Å². The van der Waals surface area contributed by atoms with E-state index in [4.69, 9.17) is 0 Å². The number of halogens is 1. The second kappa shape index (κ2) is 12.4. The van der Waals surface area contributed by atoms with Crippen LogP contribution in [0.5, 0.6) is 0 Å². The van der Waals surface area contributed by atoms with Gasteiger partial charge in [-0.15, -0.1) is 0 Å². The predicted molar refractivity (Wildman–Crippen MR) is 131 cm³/mol. The Kier molecular flexibility index (Phi) is 9.33. The summed E-state index contributed by atoms with van der Waals surface area (Å²) in [5.74, 6) is -3.14. The molecule has 0 saturated heterocycles. The van der Waals surface area contributed by atoms with Gasteiger partial charge in [0.05, 0.1) is 5.69 Å². The van der Waals surface area contributed by atoms with E-state index in [1.54, 1.807) is 18.2 Å². The second-order valence-electron chi connectivity index (χ2n) is 8.48. The summed E-state index contributed by atoms with van der Waals surface area (Å²) in [6, 6.07) is 12.8. The summed E-state index contributed by atoms with van der Waals surface area (Å²) >= 11 is 0. The van der Waals surface area contributed by atoms with E-state index in [1.807, 2.05) is 19.1 Å². The van der Waals surface area contributed by atoms with Gasteiger partial charge in [0, 0.05) is 22.5 Å². The molecule has 0 radical (unpaired) electrons. The van der Waals surface area contributed by atoms with Crippen LogP contribution in [0, 0.1) is 12.7 Å². The van der Waals surface area contributed by atoms with Crippen molar-refractivity contribution in [3.05, 3.63) is 59.9 Å². The minimum Gasteiger partial charge on any atom is -0.352 e. The van der Waals surface area contributed by atoms with Gasteiger partial charge in [0.15, 0.2) is 0 Å². The first-order chi connectivity index (χ1) is 16.3. The van der Waals surface area contributed by atoms with Crippen molar-refractivity contribution in [3.63, 3.8) is 0 Å². The Labute approximate surface area is 201 Å².